The molecular formula is C18H20ClN3O2. The Labute approximate surface area is 146 Å². The van der Waals surface area contributed by atoms with Gasteiger partial charge in [0, 0.05) is 16.4 Å². The summed E-state index contributed by atoms with van der Waals surface area (Å²) in [7, 11) is 1.73. The van der Waals surface area contributed by atoms with Crippen LogP contribution in [0.15, 0.2) is 54.6 Å². The van der Waals surface area contributed by atoms with Gasteiger partial charge in [-0.25, -0.2) is 0 Å². The Morgan fingerprint density at radius 1 is 1.00 bits per heavy atom. The summed E-state index contributed by atoms with van der Waals surface area (Å²) in [5.41, 5.74) is 1.40. The number of amides is 2. The Kier molecular flexibility index (Phi) is 6.35. The summed E-state index contributed by atoms with van der Waals surface area (Å²) in [6.45, 7) is 1.86. The average molecular weight is 346 g/mol. The van der Waals surface area contributed by atoms with Crippen LogP contribution in [-0.4, -0.2) is 36.3 Å². The average Bonchev–Trinajstić information content (AvgIpc) is 2.57. The van der Waals surface area contributed by atoms with E-state index in [2.05, 4.69) is 10.6 Å². The quantitative estimate of drug-likeness (QED) is 0.845. The van der Waals surface area contributed by atoms with Crippen molar-refractivity contribution < 1.29 is 9.59 Å². The summed E-state index contributed by atoms with van der Waals surface area (Å²) in [6, 6.07) is 15.6. The smallest absolute Gasteiger partial charge is 0.241 e. The number of nitrogens with one attached hydrogen (secondary N) is 2. The highest BCUT2D eigenvalue weighted by Gasteiger charge is 2.20. The van der Waals surface area contributed by atoms with Crippen LogP contribution in [-0.2, 0) is 9.59 Å². The van der Waals surface area contributed by atoms with Gasteiger partial charge in [-0.05, 0) is 50.4 Å². The van der Waals surface area contributed by atoms with Crippen LogP contribution >= 0.6 is 11.6 Å². The van der Waals surface area contributed by atoms with E-state index in [0.29, 0.717) is 10.7 Å². The van der Waals surface area contributed by atoms with Crippen LogP contribution < -0.4 is 10.6 Å². The molecule has 2 N–H and O–H groups in total. The van der Waals surface area contributed by atoms with Gasteiger partial charge in [-0.3, -0.25) is 14.5 Å². The molecule has 5 nitrogen and oxygen atoms in total. The number of carbonyl (C=O) groups excluding carboxylic acids is 2. The topological polar surface area (TPSA) is 61.4 Å². The zero-order chi connectivity index (χ0) is 17.5. The Morgan fingerprint density at radius 3 is 2.21 bits per heavy atom. The molecule has 2 aromatic rings. The van der Waals surface area contributed by atoms with E-state index in [-0.39, 0.29) is 18.4 Å². The molecule has 0 heterocycles. The molecule has 126 valence electrons. The predicted molar refractivity (Wildman–Crippen MR) is 97.2 cm³/mol. The zero-order valence-electron chi connectivity index (χ0n) is 13.6. The minimum Gasteiger partial charge on any atom is -0.325 e. The van der Waals surface area contributed by atoms with E-state index in [1.54, 1.807) is 43.1 Å². The van der Waals surface area contributed by atoms with Crippen molar-refractivity contribution in [3.8, 4) is 0 Å². The van der Waals surface area contributed by atoms with E-state index in [9.17, 15) is 9.59 Å². The lowest BCUT2D eigenvalue weighted by atomic mass is 10.2. The Bertz CT molecular complexity index is 689. The van der Waals surface area contributed by atoms with Crippen LogP contribution in [0.4, 0.5) is 11.4 Å². The molecular weight excluding hydrogens is 326 g/mol. The standard InChI is InChI=1S/C18H20ClN3O2/c1-13(18(24)21-15-6-4-3-5-7-15)22(2)12-17(23)20-16-10-8-14(19)9-11-16/h3-11,13H,12H2,1-2H3,(H,20,23)(H,21,24)/t13-/m1/s1. The van der Waals surface area contributed by atoms with Crippen molar-refractivity contribution in [2.45, 2.75) is 13.0 Å². The van der Waals surface area contributed by atoms with Gasteiger partial charge in [0.05, 0.1) is 12.6 Å². The predicted octanol–water partition coefficient (Wildman–Crippen LogP) is 3.24. The number of benzene rings is 2. The SMILES string of the molecule is C[C@H](C(=O)Nc1ccccc1)N(C)CC(=O)Nc1ccc(Cl)cc1. The normalized spacial score (nSPS) is 11.8. The van der Waals surface area contributed by atoms with Crippen molar-refractivity contribution in [1.29, 1.82) is 0 Å². The molecule has 0 saturated heterocycles. The Balaban J connectivity index is 1.86. The van der Waals surface area contributed by atoms with Gasteiger partial charge >= 0.3 is 0 Å². The number of nitrogens with zero attached hydrogens (tertiary/aromatic N) is 1. The molecule has 0 saturated carbocycles. The third-order valence-corrected chi connectivity index (χ3v) is 3.85. The van der Waals surface area contributed by atoms with Crippen molar-refractivity contribution in [2.75, 3.05) is 24.2 Å². The highest BCUT2D eigenvalue weighted by atomic mass is 35.5. The monoisotopic (exact) mass is 345 g/mol. The first-order chi connectivity index (χ1) is 11.5. The maximum Gasteiger partial charge on any atom is 0.241 e. The molecule has 0 bridgehead atoms. The zero-order valence-corrected chi connectivity index (χ0v) is 14.4. The van der Waals surface area contributed by atoms with Gasteiger partial charge in [0.2, 0.25) is 11.8 Å². The molecule has 0 aliphatic rings. The highest BCUT2D eigenvalue weighted by molar-refractivity contribution is 6.30. The van der Waals surface area contributed by atoms with Crippen molar-refractivity contribution in [2.24, 2.45) is 0 Å². The number of carbonyl (C=O) groups is 2. The summed E-state index contributed by atoms with van der Waals surface area (Å²) < 4.78 is 0. The molecule has 2 aromatic carbocycles. The molecule has 0 unspecified atom stereocenters. The summed E-state index contributed by atoms with van der Waals surface area (Å²) in [4.78, 5) is 26.0. The second kappa shape index (κ2) is 8.47. The molecule has 6 heteroatoms. The third kappa shape index (κ3) is 5.37. The summed E-state index contributed by atoms with van der Waals surface area (Å²) in [5.74, 6) is -0.359. The second-order valence-electron chi connectivity index (χ2n) is 5.50. The molecule has 1 atom stereocenters. The molecule has 2 amide bonds. The maximum atomic E-state index is 12.2. The lowest BCUT2D eigenvalue weighted by Gasteiger charge is -2.23. The number of hydrogen-bond donors (Lipinski definition) is 2. The molecule has 24 heavy (non-hydrogen) atoms. The highest BCUT2D eigenvalue weighted by Crippen LogP contribution is 2.13. The largest absolute Gasteiger partial charge is 0.325 e. The number of anilines is 2. The van der Waals surface area contributed by atoms with Crippen LogP contribution in [0.2, 0.25) is 5.02 Å². The van der Waals surface area contributed by atoms with E-state index in [4.69, 9.17) is 11.6 Å². The third-order valence-electron chi connectivity index (χ3n) is 3.60. The van der Waals surface area contributed by atoms with Crippen LogP contribution in [0, 0.1) is 0 Å². The lowest BCUT2D eigenvalue weighted by molar-refractivity contribution is -0.122. The van der Waals surface area contributed by atoms with E-state index in [1.807, 2.05) is 30.3 Å². The first-order valence-electron chi connectivity index (χ1n) is 7.57. The fourth-order valence-electron chi connectivity index (χ4n) is 2.07. The van der Waals surface area contributed by atoms with E-state index >= 15 is 0 Å². The van der Waals surface area contributed by atoms with E-state index in [0.717, 1.165) is 5.69 Å². The van der Waals surface area contributed by atoms with Gasteiger partial charge in [-0.1, -0.05) is 29.8 Å². The van der Waals surface area contributed by atoms with Gasteiger partial charge in [-0.2, -0.15) is 0 Å². The second-order valence-corrected chi connectivity index (χ2v) is 5.94. The Hall–Kier alpha value is -2.37. The van der Waals surface area contributed by atoms with Gasteiger partial charge in [0.15, 0.2) is 0 Å². The van der Waals surface area contributed by atoms with Crippen LogP contribution in [0.3, 0.4) is 0 Å². The molecule has 0 radical (unpaired) electrons. The number of para-hydroxylation sites is 1. The van der Waals surface area contributed by atoms with Crippen LogP contribution in [0.1, 0.15) is 6.92 Å². The summed E-state index contributed by atoms with van der Waals surface area (Å²) in [6.07, 6.45) is 0. The fraction of sp³-hybridized carbons (Fsp3) is 0.222. The minimum atomic E-state index is -0.443. The molecule has 0 aromatic heterocycles. The number of hydrogen-bond acceptors (Lipinski definition) is 3. The molecule has 0 fully saturated rings. The van der Waals surface area contributed by atoms with Gasteiger partial charge < -0.3 is 10.6 Å². The van der Waals surface area contributed by atoms with Crippen molar-refractivity contribution in [3.63, 3.8) is 0 Å². The van der Waals surface area contributed by atoms with Crippen LogP contribution in [0.5, 0.6) is 0 Å². The minimum absolute atomic E-state index is 0.103. The maximum absolute atomic E-state index is 12.2. The van der Waals surface area contributed by atoms with Gasteiger partial charge in [-0.15, -0.1) is 0 Å². The molecule has 0 spiro atoms. The summed E-state index contributed by atoms with van der Waals surface area (Å²) >= 11 is 5.81. The van der Waals surface area contributed by atoms with E-state index < -0.39 is 6.04 Å². The fourth-order valence-corrected chi connectivity index (χ4v) is 2.19. The van der Waals surface area contributed by atoms with Gasteiger partial charge in [0.1, 0.15) is 0 Å². The molecule has 0 aliphatic carbocycles. The molecule has 0 aliphatic heterocycles. The molecule has 2 rings (SSSR count). The van der Waals surface area contributed by atoms with Crippen molar-refractivity contribution >= 4 is 34.8 Å². The lowest BCUT2D eigenvalue weighted by Crippen LogP contribution is -2.43. The van der Waals surface area contributed by atoms with E-state index in [1.165, 1.54) is 0 Å². The van der Waals surface area contributed by atoms with Crippen molar-refractivity contribution in [1.82, 2.24) is 4.90 Å². The van der Waals surface area contributed by atoms with Gasteiger partial charge in [0.25, 0.3) is 0 Å². The van der Waals surface area contributed by atoms with Crippen LogP contribution in [0.25, 0.3) is 0 Å². The summed E-state index contributed by atoms with van der Waals surface area (Å²) in [5, 5.41) is 6.21. The Morgan fingerprint density at radius 2 is 1.58 bits per heavy atom. The van der Waals surface area contributed by atoms with Crippen molar-refractivity contribution in [3.05, 3.63) is 59.6 Å². The number of likely N-dealkylation sites (N-methyl/N-ethyl adjacent to an activating group) is 1. The number of rotatable bonds is 6. The first kappa shape index (κ1) is 18.0. The first-order valence-corrected chi connectivity index (χ1v) is 7.95. The number of halogens is 1.